The van der Waals surface area contributed by atoms with Crippen molar-refractivity contribution in [2.75, 3.05) is 44.0 Å². The Morgan fingerprint density at radius 3 is 2.80 bits per heavy atom. The molecule has 0 aliphatic carbocycles. The molecule has 1 aliphatic rings. The van der Waals surface area contributed by atoms with E-state index in [1.807, 2.05) is 0 Å². The van der Waals surface area contributed by atoms with Crippen LogP contribution >= 0.6 is 0 Å². The van der Waals surface area contributed by atoms with E-state index >= 15 is 0 Å². The second-order valence-corrected chi connectivity index (χ2v) is 4.78. The standard InChI is InChI=1S/C13H22N4O3/c1-19-9-12-15-11(14)8-13(16-12)17-4-2-10(3-5-17)20-7-6-18/h8,10,18H,2-7,9H2,1H3,(H2,14,15,16). The van der Waals surface area contributed by atoms with Gasteiger partial charge in [0.15, 0.2) is 5.82 Å². The van der Waals surface area contributed by atoms with Crippen molar-refractivity contribution >= 4 is 11.6 Å². The number of rotatable bonds is 6. The summed E-state index contributed by atoms with van der Waals surface area (Å²) >= 11 is 0. The molecule has 2 rings (SSSR count). The zero-order valence-electron chi connectivity index (χ0n) is 11.8. The van der Waals surface area contributed by atoms with Crippen molar-refractivity contribution in [1.29, 1.82) is 0 Å². The number of nitrogens with zero attached hydrogens (tertiary/aromatic N) is 3. The Hall–Kier alpha value is -1.44. The van der Waals surface area contributed by atoms with Crippen molar-refractivity contribution < 1.29 is 14.6 Å². The first-order chi connectivity index (χ1) is 9.72. The van der Waals surface area contributed by atoms with Gasteiger partial charge in [0.05, 0.1) is 19.3 Å². The summed E-state index contributed by atoms with van der Waals surface area (Å²) in [7, 11) is 1.61. The Labute approximate surface area is 118 Å². The number of nitrogens with two attached hydrogens (primary N) is 1. The zero-order chi connectivity index (χ0) is 14.4. The zero-order valence-corrected chi connectivity index (χ0v) is 11.8. The fraction of sp³-hybridized carbons (Fsp3) is 0.692. The maximum absolute atomic E-state index is 8.76. The average Bonchev–Trinajstić information content (AvgIpc) is 2.45. The van der Waals surface area contributed by atoms with E-state index in [4.69, 9.17) is 20.3 Å². The van der Waals surface area contributed by atoms with Crippen molar-refractivity contribution in [3.8, 4) is 0 Å². The molecule has 0 aromatic carbocycles. The molecule has 1 aromatic rings. The molecule has 0 atom stereocenters. The molecule has 7 heteroatoms. The molecule has 1 saturated heterocycles. The number of aliphatic hydroxyl groups is 1. The quantitative estimate of drug-likeness (QED) is 0.768. The van der Waals surface area contributed by atoms with E-state index in [0.717, 1.165) is 31.7 Å². The Bertz CT molecular complexity index is 422. The molecule has 7 nitrogen and oxygen atoms in total. The molecular formula is C13H22N4O3. The predicted molar refractivity (Wildman–Crippen MR) is 75.4 cm³/mol. The molecule has 2 heterocycles. The number of nitrogen functional groups attached to an aromatic ring is 1. The van der Waals surface area contributed by atoms with Crippen molar-refractivity contribution in [3.05, 3.63) is 11.9 Å². The Balaban J connectivity index is 1.96. The molecule has 112 valence electrons. The third kappa shape index (κ3) is 4.03. The van der Waals surface area contributed by atoms with E-state index in [0.29, 0.717) is 24.9 Å². The lowest BCUT2D eigenvalue weighted by Gasteiger charge is -2.32. The molecule has 1 aromatic heterocycles. The van der Waals surface area contributed by atoms with E-state index < -0.39 is 0 Å². The molecule has 0 amide bonds. The topological polar surface area (TPSA) is 93.7 Å². The van der Waals surface area contributed by atoms with E-state index in [1.165, 1.54) is 0 Å². The lowest BCUT2D eigenvalue weighted by atomic mass is 10.1. The number of anilines is 2. The summed E-state index contributed by atoms with van der Waals surface area (Å²) in [6, 6.07) is 1.79. The van der Waals surface area contributed by atoms with Gasteiger partial charge in [0.2, 0.25) is 0 Å². The molecule has 1 fully saturated rings. The number of aromatic nitrogens is 2. The van der Waals surface area contributed by atoms with Crippen LogP contribution in [0.15, 0.2) is 6.07 Å². The van der Waals surface area contributed by atoms with Gasteiger partial charge in [-0.15, -0.1) is 0 Å². The molecule has 3 N–H and O–H groups in total. The summed E-state index contributed by atoms with van der Waals surface area (Å²) in [6.07, 6.45) is 2.06. The Morgan fingerprint density at radius 2 is 2.15 bits per heavy atom. The first-order valence-corrected chi connectivity index (χ1v) is 6.82. The normalized spacial score (nSPS) is 16.6. The van der Waals surface area contributed by atoms with E-state index in [9.17, 15) is 0 Å². The summed E-state index contributed by atoms with van der Waals surface area (Å²) in [5.74, 6) is 1.90. The number of hydrogen-bond donors (Lipinski definition) is 2. The SMILES string of the molecule is COCc1nc(N)cc(N2CCC(OCCO)CC2)n1. The van der Waals surface area contributed by atoms with Gasteiger partial charge < -0.3 is 25.2 Å². The number of ether oxygens (including phenoxy) is 2. The lowest BCUT2D eigenvalue weighted by molar-refractivity contribution is 0.0158. The monoisotopic (exact) mass is 282 g/mol. The van der Waals surface area contributed by atoms with Crippen LogP contribution in [-0.2, 0) is 16.1 Å². The minimum absolute atomic E-state index is 0.0725. The highest BCUT2D eigenvalue weighted by Crippen LogP contribution is 2.21. The van der Waals surface area contributed by atoms with Crippen LogP contribution in [0.5, 0.6) is 0 Å². The number of methoxy groups -OCH3 is 1. The molecule has 20 heavy (non-hydrogen) atoms. The van der Waals surface area contributed by atoms with Gasteiger partial charge in [0.25, 0.3) is 0 Å². The minimum atomic E-state index is 0.0725. The Kier molecular flexibility index (Phi) is 5.51. The van der Waals surface area contributed by atoms with Crippen LogP contribution in [-0.4, -0.2) is 54.6 Å². The molecule has 0 radical (unpaired) electrons. The van der Waals surface area contributed by atoms with Gasteiger partial charge in [0, 0.05) is 26.3 Å². The van der Waals surface area contributed by atoms with Crippen LogP contribution in [0, 0.1) is 0 Å². The third-order valence-corrected chi connectivity index (χ3v) is 3.26. The van der Waals surface area contributed by atoms with Crippen molar-refractivity contribution in [2.45, 2.75) is 25.6 Å². The van der Waals surface area contributed by atoms with Crippen LogP contribution in [0.25, 0.3) is 0 Å². The highest BCUT2D eigenvalue weighted by atomic mass is 16.5. The van der Waals surface area contributed by atoms with Gasteiger partial charge in [0.1, 0.15) is 18.2 Å². The summed E-state index contributed by atoms with van der Waals surface area (Å²) in [5.41, 5.74) is 5.80. The third-order valence-electron chi connectivity index (χ3n) is 3.26. The van der Waals surface area contributed by atoms with Crippen LogP contribution < -0.4 is 10.6 Å². The van der Waals surface area contributed by atoms with Gasteiger partial charge in [-0.25, -0.2) is 9.97 Å². The number of hydrogen-bond acceptors (Lipinski definition) is 7. The summed E-state index contributed by atoms with van der Waals surface area (Å²) in [6.45, 7) is 2.55. The molecule has 0 unspecified atom stereocenters. The van der Waals surface area contributed by atoms with Crippen molar-refractivity contribution in [1.82, 2.24) is 9.97 Å². The van der Waals surface area contributed by atoms with Gasteiger partial charge >= 0.3 is 0 Å². The van der Waals surface area contributed by atoms with Crippen LogP contribution in [0.1, 0.15) is 18.7 Å². The van der Waals surface area contributed by atoms with Crippen LogP contribution in [0.2, 0.25) is 0 Å². The fourth-order valence-electron chi connectivity index (χ4n) is 2.33. The fourth-order valence-corrected chi connectivity index (χ4v) is 2.33. The average molecular weight is 282 g/mol. The van der Waals surface area contributed by atoms with Gasteiger partial charge in [-0.1, -0.05) is 0 Å². The summed E-state index contributed by atoms with van der Waals surface area (Å²) < 4.78 is 10.6. The molecule has 1 aliphatic heterocycles. The van der Waals surface area contributed by atoms with E-state index in [-0.39, 0.29) is 12.7 Å². The molecule has 0 saturated carbocycles. The van der Waals surface area contributed by atoms with E-state index in [2.05, 4.69) is 14.9 Å². The second kappa shape index (κ2) is 7.37. The van der Waals surface area contributed by atoms with Crippen LogP contribution in [0.3, 0.4) is 0 Å². The van der Waals surface area contributed by atoms with Gasteiger partial charge in [-0.3, -0.25) is 0 Å². The number of piperidine rings is 1. The van der Waals surface area contributed by atoms with Crippen LogP contribution in [0.4, 0.5) is 11.6 Å². The highest BCUT2D eigenvalue weighted by Gasteiger charge is 2.21. The molecule has 0 spiro atoms. The first-order valence-electron chi connectivity index (χ1n) is 6.82. The maximum atomic E-state index is 8.76. The van der Waals surface area contributed by atoms with E-state index in [1.54, 1.807) is 13.2 Å². The summed E-state index contributed by atoms with van der Waals surface area (Å²) in [5, 5.41) is 8.76. The minimum Gasteiger partial charge on any atom is -0.394 e. The molecular weight excluding hydrogens is 260 g/mol. The maximum Gasteiger partial charge on any atom is 0.158 e. The van der Waals surface area contributed by atoms with Gasteiger partial charge in [-0.05, 0) is 12.8 Å². The first kappa shape index (κ1) is 15.0. The van der Waals surface area contributed by atoms with Crippen molar-refractivity contribution in [3.63, 3.8) is 0 Å². The molecule has 0 bridgehead atoms. The largest absolute Gasteiger partial charge is 0.394 e. The second-order valence-electron chi connectivity index (χ2n) is 4.78. The smallest absolute Gasteiger partial charge is 0.158 e. The Morgan fingerprint density at radius 1 is 1.40 bits per heavy atom. The van der Waals surface area contributed by atoms with Crippen molar-refractivity contribution in [2.24, 2.45) is 0 Å². The van der Waals surface area contributed by atoms with Gasteiger partial charge in [-0.2, -0.15) is 0 Å². The highest BCUT2D eigenvalue weighted by molar-refractivity contribution is 5.47. The number of aliphatic hydroxyl groups excluding tert-OH is 1. The lowest BCUT2D eigenvalue weighted by Crippen LogP contribution is -2.38. The predicted octanol–water partition coefficient (Wildman–Crippen LogP) is 0.183. The summed E-state index contributed by atoms with van der Waals surface area (Å²) in [4.78, 5) is 10.8.